The number of ether oxygens (including phenoxy) is 1. The van der Waals surface area contributed by atoms with Gasteiger partial charge < -0.3 is 14.5 Å². The Balaban J connectivity index is 1.52. The monoisotopic (exact) mass is 398 g/mol. The number of amides is 1. The SMILES string of the molecule is C[C@H](Oc1cc2oc(=O)c3c(c2cc1Cl)CCC3)C(=O)NCc1ccncc1. The molecule has 0 fully saturated rings. The summed E-state index contributed by atoms with van der Waals surface area (Å²) >= 11 is 6.38. The number of nitrogens with zero attached hydrogens (tertiary/aromatic N) is 1. The number of benzene rings is 1. The van der Waals surface area contributed by atoms with E-state index in [0.29, 0.717) is 22.9 Å². The Morgan fingerprint density at radius 1 is 1.29 bits per heavy atom. The van der Waals surface area contributed by atoms with Gasteiger partial charge in [-0.25, -0.2) is 4.79 Å². The lowest BCUT2D eigenvalue weighted by Gasteiger charge is -2.16. The molecule has 0 bridgehead atoms. The van der Waals surface area contributed by atoms with Gasteiger partial charge in [-0.15, -0.1) is 0 Å². The van der Waals surface area contributed by atoms with Crippen LogP contribution in [-0.2, 0) is 24.2 Å². The van der Waals surface area contributed by atoms with Crippen LogP contribution in [0.3, 0.4) is 0 Å². The Labute approximate surface area is 166 Å². The molecule has 3 aromatic rings. The molecule has 0 aliphatic heterocycles. The molecule has 144 valence electrons. The second-order valence-corrected chi connectivity index (χ2v) is 7.22. The number of fused-ring (bicyclic) bond motifs is 3. The van der Waals surface area contributed by atoms with Gasteiger partial charge in [0.1, 0.15) is 11.3 Å². The molecule has 0 unspecified atom stereocenters. The van der Waals surface area contributed by atoms with Crippen molar-refractivity contribution in [3.63, 3.8) is 0 Å². The first kappa shape index (κ1) is 18.5. The third-order valence-electron chi connectivity index (χ3n) is 4.92. The standard InChI is InChI=1S/C21H19ClN2O4/c1-12(20(25)24-11-13-5-7-23-8-6-13)27-19-10-18-16(9-17(19)22)14-3-2-4-15(14)21(26)28-18/h5-10,12H,2-4,11H2,1H3,(H,24,25)/t12-/m0/s1. The lowest BCUT2D eigenvalue weighted by atomic mass is 10.1. The zero-order valence-corrected chi connectivity index (χ0v) is 16.1. The van der Waals surface area contributed by atoms with Crippen LogP contribution in [0.1, 0.15) is 30.0 Å². The Morgan fingerprint density at radius 3 is 2.82 bits per heavy atom. The molecule has 1 aliphatic carbocycles. The maximum atomic E-state index is 12.3. The van der Waals surface area contributed by atoms with E-state index in [1.54, 1.807) is 31.5 Å². The van der Waals surface area contributed by atoms with Crippen molar-refractivity contribution >= 4 is 28.5 Å². The van der Waals surface area contributed by atoms with E-state index in [-0.39, 0.29) is 11.5 Å². The number of halogens is 1. The minimum absolute atomic E-state index is 0.275. The molecule has 1 amide bonds. The quantitative estimate of drug-likeness (QED) is 0.666. The molecule has 6 nitrogen and oxygen atoms in total. The van der Waals surface area contributed by atoms with Gasteiger partial charge in [0, 0.05) is 36.0 Å². The van der Waals surface area contributed by atoms with Crippen molar-refractivity contribution < 1.29 is 13.9 Å². The van der Waals surface area contributed by atoms with E-state index in [4.69, 9.17) is 20.8 Å². The van der Waals surface area contributed by atoms with Gasteiger partial charge in [-0.05, 0) is 55.5 Å². The molecule has 1 N–H and O–H groups in total. The average Bonchev–Trinajstić information content (AvgIpc) is 3.19. The first-order valence-electron chi connectivity index (χ1n) is 9.14. The van der Waals surface area contributed by atoms with Crippen molar-refractivity contribution in [3.8, 4) is 5.75 Å². The molecule has 2 heterocycles. The Hall–Kier alpha value is -2.86. The predicted molar refractivity (Wildman–Crippen MR) is 106 cm³/mol. The van der Waals surface area contributed by atoms with E-state index in [0.717, 1.165) is 41.3 Å². The van der Waals surface area contributed by atoms with Crippen LogP contribution in [0.5, 0.6) is 5.75 Å². The molecular weight excluding hydrogens is 380 g/mol. The summed E-state index contributed by atoms with van der Waals surface area (Å²) in [6.45, 7) is 2.02. The van der Waals surface area contributed by atoms with Crippen LogP contribution in [0.25, 0.3) is 11.0 Å². The number of carbonyl (C=O) groups is 1. The number of nitrogens with one attached hydrogen (secondary N) is 1. The first-order chi connectivity index (χ1) is 13.5. The molecule has 1 aromatic carbocycles. The van der Waals surface area contributed by atoms with Crippen LogP contribution >= 0.6 is 11.6 Å². The van der Waals surface area contributed by atoms with Gasteiger partial charge in [0.2, 0.25) is 0 Å². The Bertz CT molecular complexity index is 1090. The second kappa shape index (κ2) is 7.64. The van der Waals surface area contributed by atoms with E-state index in [1.807, 2.05) is 12.1 Å². The fourth-order valence-electron chi connectivity index (χ4n) is 3.45. The van der Waals surface area contributed by atoms with Gasteiger partial charge in [-0.2, -0.15) is 0 Å². The van der Waals surface area contributed by atoms with Crippen LogP contribution in [-0.4, -0.2) is 17.0 Å². The fourth-order valence-corrected chi connectivity index (χ4v) is 3.66. The third-order valence-corrected chi connectivity index (χ3v) is 5.21. The van der Waals surface area contributed by atoms with E-state index >= 15 is 0 Å². The summed E-state index contributed by atoms with van der Waals surface area (Å²) in [5.74, 6) is 0.0326. The van der Waals surface area contributed by atoms with Gasteiger partial charge in [-0.1, -0.05) is 11.6 Å². The molecule has 0 radical (unpaired) electrons. The van der Waals surface area contributed by atoms with Crippen molar-refractivity contribution in [2.45, 2.75) is 38.8 Å². The number of hydrogen-bond donors (Lipinski definition) is 1. The lowest BCUT2D eigenvalue weighted by Crippen LogP contribution is -2.35. The summed E-state index contributed by atoms with van der Waals surface area (Å²) in [4.78, 5) is 28.4. The van der Waals surface area contributed by atoms with Crippen LogP contribution < -0.4 is 15.7 Å². The summed E-state index contributed by atoms with van der Waals surface area (Å²) < 4.78 is 11.2. The van der Waals surface area contributed by atoms with Crippen molar-refractivity contribution in [1.82, 2.24) is 10.3 Å². The summed E-state index contributed by atoms with van der Waals surface area (Å²) in [6, 6.07) is 6.99. The van der Waals surface area contributed by atoms with Crippen LogP contribution in [0.15, 0.2) is 45.9 Å². The number of carbonyl (C=O) groups excluding carboxylic acids is 1. The molecule has 7 heteroatoms. The third kappa shape index (κ3) is 3.60. The van der Waals surface area contributed by atoms with Crippen LogP contribution in [0.4, 0.5) is 0 Å². The van der Waals surface area contributed by atoms with Crippen LogP contribution in [0, 0.1) is 0 Å². The molecule has 1 atom stereocenters. The molecule has 4 rings (SSSR count). The van der Waals surface area contributed by atoms with E-state index in [9.17, 15) is 9.59 Å². The van der Waals surface area contributed by atoms with E-state index < -0.39 is 6.10 Å². The van der Waals surface area contributed by atoms with Crippen molar-refractivity contribution in [2.75, 3.05) is 0 Å². The summed E-state index contributed by atoms with van der Waals surface area (Å²) in [5, 5.41) is 4.02. The van der Waals surface area contributed by atoms with Crippen molar-refractivity contribution in [2.24, 2.45) is 0 Å². The molecule has 28 heavy (non-hydrogen) atoms. The fraction of sp³-hybridized carbons (Fsp3) is 0.286. The lowest BCUT2D eigenvalue weighted by molar-refractivity contribution is -0.127. The number of hydrogen-bond acceptors (Lipinski definition) is 5. The predicted octanol–water partition coefficient (Wildman–Crippen LogP) is 3.41. The maximum absolute atomic E-state index is 12.3. The minimum atomic E-state index is -0.766. The number of aromatic nitrogens is 1. The summed E-state index contributed by atoms with van der Waals surface area (Å²) in [7, 11) is 0. The zero-order chi connectivity index (χ0) is 19.7. The molecule has 0 spiro atoms. The van der Waals surface area contributed by atoms with Gasteiger partial charge in [0.25, 0.3) is 5.91 Å². The topological polar surface area (TPSA) is 81.4 Å². The Kier molecular flexibility index (Phi) is 5.05. The number of rotatable bonds is 5. The Morgan fingerprint density at radius 2 is 2.04 bits per heavy atom. The number of aryl methyl sites for hydroxylation is 1. The molecule has 1 aliphatic rings. The summed E-state index contributed by atoms with van der Waals surface area (Å²) in [6.07, 6.45) is 5.07. The number of pyridine rings is 1. The molecule has 2 aromatic heterocycles. The largest absolute Gasteiger partial charge is 0.479 e. The highest BCUT2D eigenvalue weighted by atomic mass is 35.5. The normalized spacial score (nSPS) is 13.9. The smallest absolute Gasteiger partial charge is 0.339 e. The van der Waals surface area contributed by atoms with Gasteiger partial charge in [-0.3, -0.25) is 9.78 Å². The van der Waals surface area contributed by atoms with Crippen molar-refractivity contribution in [3.05, 3.63) is 68.8 Å². The zero-order valence-electron chi connectivity index (χ0n) is 15.3. The first-order valence-corrected chi connectivity index (χ1v) is 9.52. The van der Waals surface area contributed by atoms with Crippen LogP contribution in [0.2, 0.25) is 5.02 Å². The highest BCUT2D eigenvalue weighted by molar-refractivity contribution is 6.32. The van der Waals surface area contributed by atoms with Gasteiger partial charge in [0.15, 0.2) is 6.10 Å². The summed E-state index contributed by atoms with van der Waals surface area (Å²) in [5.41, 5.74) is 2.80. The van der Waals surface area contributed by atoms with Gasteiger partial charge in [0.05, 0.1) is 5.02 Å². The van der Waals surface area contributed by atoms with E-state index in [2.05, 4.69) is 10.3 Å². The maximum Gasteiger partial charge on any atom is 0.339 e. The van der Waals surface area contributed by atoms with E-state index in [1.165, 1.54) is 0 Å². The highest BCUT2D eigenvalue weighted by Gasteiger charge is 2.22. The molecular formula is C21H19ClN2O4. The molecule has 0 saturated carbocycles. The minimum Gasteiger partial charge on any atom is -0.479 e. The average molecular weight is 399 g/mol. The van der Waals surface area contributed by atoms with Gasteiger partial charge >= 0.3 is 5.63 Å². The second-order valence-electron chi connectivity index (χ2n) is 6.81. The molecule has 0 saturated heterocycles. The van der Waals surface area contributed by atoms with Crippen molar-refractivity contribution in [1.29, 1.82) is 0 Å². The highest BCUT2D eigenvalue weighted by Crippen LogP contribution is 2.35.